The van der Waals surface area contributed by atoms with Crippen LogP contribution in [0.5, 0.6) is 0 Å². The lowest BCUT2D eigenvalue weighted by molar-refractivity contribution is -0.00150. The van der Waals surface area contributed by atoms with Gasteiger partial charge in [-0.25, -0.2) is 9.37 Å². The number of rotatable bonds is 8. The van der Waals surface area contributed by atoms with E-state index >= 15 is 0 Å². The van der Waals surface area contributed by atoms with Crippen molar-refractivity contribution < 1.29 is 9.13 Å². The smallest absolute Gasteiger partial charge is 0.182 e. The van der Waals surface area contributed by atoms with Crippen LogP contribution in [0.15, 0.2) is 46.4 Å². The summed E-state index contributed by atoms with van der Waals surface area (Å²) in [6.45, 7) is 12.2. The quantitative estimate of drug-likeness (QED) is 0.297. The van der Waals surface area contributed by atoms with Crippen LogP contribution in [0, 0.1) is 5.92 Å². The molecule has 1 aromatic heterocycles. The third-order valence-corrected chi connectivity index (χ3v) is 8.82. The summed E-state index contributed by atoms with van der Waals surface area (Å²) in [5.74, 6) is 1.63. The fourth-order valence-electron chi connectivity index (χ4n) is 5.12. The lowest BCUT2D eigenvalue weighted by Gasteiger charge is -2.32. The van der Waals surface area contributed by atoms with Crippen LogP contribution >= 0.6 is 21.0 Å². The number of para-hydroxylation sites is 2. The molecular weight excluding hydrogens is 504 g/mol. The number of ether oxygens (including phenoxy) is 1. The Morgan fingerprint density at radius 1 is 1.32 bits per heavy atom. The maximum absolute atomic E-state index is 13.7. The van der Waals surface area contributed by atoms with Crippen molar-refractivity contribution in [1.82, 2.24) is 19.8 Å². The molecule has 1 aliphatic carbocycles. The molecule has 3 unspecified atom stereocenters. The summed E-state index contributed by atoms with van der Waals surface area (Å²) in [7, 11) is 4.30. The van der Waals surface area contributed by atoms with Crippen molar-refractivity contribution in [3.63, 3.8) is 0 Å². The van der Waals surface area contributed by atoms with Crippen molar-refractivity contribution in [1.29, 1.82) is 0 Å². The summed E-state index contributed by atoms with van der Waals surface area (Å²) >= 11 is 1.77. The predicted molar refractivity (Wildman–Crippen MR) is 158 cm³/mol. The molecule has 202 valence electrons. The van der Waals surface area contributed by atoms with E-state index in [2.05, 4.69) is 54.3 Å². The Morgan fingerprint density at radius 2 is 2.08 bits per heavy atom. The number of alkyl halides is 1. The number of H-pyrrole nitrogens is 1. The molecule has 2 aliphatic heterocycles. The van der Waals surface area contributed by atoms with Gasteiger partial charge < -0.3 is 14.6 Å². The number of aromatic amines is 1. The molecule has 3 aliphatic rings. The number of nitrogens with zero attached hydrogens (tertiary/aromatic N) is 4. The van der Waals surface area contributed by atoms with E-state index in [1.165, 1.54) is 62.6 Å². The molecule has 6 nitrogen and oxygen atoms in total. The van der Waals surface area contributed by atoms with Crippen molar-refractivity contribution in [3.05, 3.63) is 47.3 Å². The van der Waals surface area contributed by atoms with Gasteiger partial charge in [0.15, 0.2) is 11.4 Å². The second-order valence-electron chi connectivity index (χ2n) is 10.5. The van der Waals surface area contributed by atoms with Crippen LogP contribution in [0.3, 0.4) is 0 Å². The minimum atomic E-state index is -1.35. The molecule has 1 saturated carbocycles. The summed E-state index contributed by atoms with van der Waals surface area (Å²) in [5, 5.41) is -1.35. The molecule has 0 saturated heterocycles. The average Bonchev–Trinajstić information content (AvgIpc) is 3.47. The molecule has 9 heteroatoms. The minimum absolute atomic E-state index is 0.0658. The second kappa shape index (κ2) is 12.9. The number of thioether (sulfide) groups is 1. The lowest BCUT2D eigenvalue weighted by Crippen LogP contribution is -2.38. The lowest BCUT2D eigenvalue weighted by atomic mass is 9.87. The third kappa shape index (κ3) is 7.89. The molecule has 37 heavy (non-hydrogen) atoms. The van der Waals surface area contributed by atoms with E-state index in [0.717, 1.165) is 36.5 Å². The summed E-state index contributed by atoms with van der Waals surface area (Å²) in [6.07, 6.45) is 9.64. The van der Waals surface area contributed by atoms with Gasteiger partial charge in [-0.15, -0.1) is 0 Å². The Bertz CT molecular complexity index is 1070. The predicted octanol–water partition coefficient (Wildman–Crippen LogP) is 6.65. The number of fused-ring (bicyclic) bond motifs is 1. The van der Waals surface area contributed by atoms with Crippen molar-refractivity contribution in [3.8, 4) is 0 Å². The van der Waals surface area contributed by atoms with Crippen LogP contribution in [0.1, 0.15) is 57.7 Å². The third-order valence-electron chi connectivity index (χ3n) is 7.28. The van der Waals surface area contributed by atoms with Gasteiger partial charge in [0, 0.05) is 30.7 Å². The Balaban J connectivity index is 0.000000207. The number of aromatic nitrogens is 2. The number of imidazole rings is 1. The van der Waals surface area contributed by atoms with E-state index in [0.29, 0.717) is 11.5 Å². The first kappa shape index (κ1) is 28.3. The number of benzene rings is 1. The highest BCUT2D eigenvalue weighted by Gasteiger charge is 2.35. The van der Waals surface area contributed by atoms with Crippen LogP contribution in [0.4, 0.5) is 4.39 Å². The van der Waals surface area contributed by atoms with Crippen molar-refractivity contribution in [2.45, 2.75) is 62.8 Å². The van der Waals surface area contributed by atoms with Crippen LogP contribution in [0.2, 0.25) is 0 Å². The number of hydrogen-bond acceptors (Lipinski definition) is 6. The summed E-state index contributed by atoms with van der Waals surface area (Å²) in [5.41, 5.74) is 3.80. The van der Waals surface area contributed by atoms with E-state index in [-0.39, 0.29) is 12.2 Å². The first-order chi connectivity index (χ1) is 17.7. The van der Waals surface area contributed by atoms with Gasteiger partial charge in [-0.05, 0) is 51.1 Å². The maximum atomic E-state index is 13.7. The normalized spacial score (nSPS) is 22.4. The Hall–Kier alpha value is -1.73. The van der Waals surface area contributed by atoms with Crippen LogP contribution in [0.25, 0.3) is 16.7 Å². The molecular formula is C28H41FN5OPS. The van der Waals surface area contributed by atoms with E-state index in [9.17, 15) is 4.39 Å². The summed E-state index contributed by atoms with van der Waals surface area (Å²) in [4.78, 5) is 17.4. The Labute approximate surface area is 227 Å². The minimum Gasteiger partial charge on any atom is -0.345 e. The number of nitrogens with one attached hydrogen (secondary N) is 1. The standard InChI is InChI=1S/C18H32FN2OPS.C10H9N3/c1-18(19,23)13-22-17-20(2)15-12-21(11-9-16(15)24-17)10-8-14-6-4-3-5-7-14;1-7(11-2)10-12-8-5-3-4-6-9(8)13-10/h14,17H,3-13,23H2,1-2H3;3-6H,1-2H2,(H,12,13). The van der Waals surface area contributed by atoms with Gasteiger partial charge in [0.05, 0.1) is 23.3 Å². The van der Waals surface area contributed by atoms with Crippen molar-refractivity contribution in [2.75, 3.05) is 33.3 Å². The van der Waals surface area contributed by atoms with Crippen molar-refractivity contribution >= 4 is 44.4 Å². The van der Waals surface area contributed by atoms with Crippen molar-refractivity contribution in [2.24, 2.45) is 10.9 Å². The monoisotopic (exact) mass is 545 g/mol. The van der Waals surface area contributed by atoms with Gasteiger partial charge in [0.2, 0.25) is 0 Å². The highest BCUT2D eigenvalue weighted by atomic mass is 32.2. The van der Waals surface area contributed by atoms with Gasteiger partial charge in [0.25, 0.3) is 0 Å². The molecule has 2 aromatic rings. The molecule has 1 N–H and O–H groups in total. The maximum Gasteiger partial charge on any atom is 0.182 e. The number of aliphatic imine (C=N–C) groups is 1. The topological polar surface area (TPSA) is 56.8 Å². The SMILES string of the molecule is C=NC(=C)c1nc2ccccc2[nH]1.CN1C2=C(CCN(CCC3CCCCC3)C2)SC1OCC(C)(F)P. The molecule has 0 amide bonds. The summed E-state index contributed by atoms with van der Waals surface area (Å²) in [6, 6.07) is 7.79. The number of halogens is 1. The largest absolute Gasteiger partial charge is 0.345 e. The van der Waals surface area contributed by atoms with E-state index in [1.54, 1.807) is 11.8 Å². The zero-order valence-corrected chi connectivity index (χ0v) is 24.2. The summed E-state index contributed by atoms with van der Waals surface area (Å²) < 4.78 is 19.5. The fraction of sp³-hybridized carbons (Fsp3) is 0.571. The van der Waals surface area contributed by atoms with Gasteiger partial charge in [-0.1, -0.05) is 71.8 Å². The average molecular weight is 546 g/mol. The first-order valence-electron chi connectivity index (χ1n) is 13.3. The molecule has 0 spiro atoms. The molecule has 1 fully saturated rings. The van der Waals surface area contributed by atoms with Gasteiger partial charge in [0.1, 0.15) is 5.41 Å². The van der Waals surface area contributed by atoms with Crippen LogP contribution in [-0.2, 0) is 4.74 Å². The van der Waals surface area contributed by atoms with Crippen LogP contribution < -0.4 is 0 Å². The van der Waals surface area contributed by atoms with E-state index < -0.39 is 5.41 Å². The molecule has 1 aromatic carbocycles. The molecule has 5 rings (SSSR count). The highest BCUT2D eigenvalue weighted by molar-refractivity contribution is 8.03. The van der Waals surface area contributed by atoms with Gasteiger partial charge in [-0.2, -0.15) is 0 Å². The molecule has 0 bridgehead atoms. The van der Waals surface area contributed by atoms with E-state index in [4.69, 9.17) is 4.74 Å². The zero-order valence-electron chi connectivity index (χ0n) is 22.2. The van der Waals surface area contributed by atoms with Gasteiger partial charge in [-0.3, -0.25) is 9.89 Å². The van der Waals surface area contributed by atoms with Crippen LogP contribution in [-0.4, -0.2) is 70.7 Å². The Morgan fingerprint density at radius 3 is 2.78 bits per heavy atom. The highest BCUT2D eigenvalue weighted by Crippen LogP contribution is 2.42. The fourth-order valence-corrected chi connectivity index (χ4v) is 6.44. The van der Waals surface area contributed by atoms with Gasteiger partial charge >= 0.3 is 0 Å². The Kier molecular flexibility index (Phi) is 9.84. The number of likely N-dealkylation sites (N-methyl/N-ethyl adjacent to an activating group) is 1. The zero-order chi connectivity index (χ0) is 26.4. The number of hydrogen-bond donors (Lipinski definition) is 1. The second-order valence-corrected chi connectivity index (χ2v) is 12.9. The molecule has 3 heterocycles. The van der Waals surface area contributed by atoms with E-state index in [1.807, 2.05) is 24.3 Å². The first-order valence-corrected chi connectivity index (χ1v) is 14.7. The molecule has 3 atom stereocenters. The molecule has 0 radical (unpaired) electrons.